The quantitative estimate of drug-likeness (QED) is 0.159. The van der Waals surface area contributed by atoms with E-state index in [0.29, 0.717) is 23.5 Å². The molecule has 4 rings (SSSR count). The fourth-order valence-electron chi connectivity index (χ4n) is 5.31. The van der Waals surface area contributed by atoms with Crippen molar-refractivity contribution < 1.29 is 32.2 Å². The van der Waals surface area contributed by atoms with Crippen LogP contribution in [0.3, 0.4) is 0 Å². The number of anilines is 1. The average Bonchev–Trinajstić information content (AvgIpc) is 3.12. The minimum absolute atomic E-state index is 0.00883. The summed E-state index contributed by atoms with van der Waals surface area (Å²) < 4.78 is 46.4. The van der Waals surface area contributed by atoms with Crippen LogP contribution >= 0.6 is 0 Å². The summed E-state index contributed by atoms with van der Waals surface area (Å²) in [6.45, 7) is 5.10. The average molecular weight is 688 g/mol. The molecule has 0 radical (unpaired) electrons. The van der Waals surface area contributed by atoms with Crippen LogP contribution in [0.4, 0.5) is 5.69 Å². The second kappa shape index (κ2) is 16.9. The van der Waals surface area contributed by atoms with Crippen molar-refractivity contribution in [3.05, 3.63) is 114 Å². The Labute approximate surface area is 289 Å². The number of ether oxygens (including phenoxy) is 3. The minimum atomic E-state index is -4.34. The first kappa shape index (κ1) is 36.8. The molecule has 11 heteroatoms. The molecule has 49 heavy (non-hydrogen) atoms. The van der Waals surface area contributed by atoms with E-state index in [1.165, 1.54) is 37.3 Å². The van der Waals surface area contributed by atoms with Crippen molar-refractivity contribution >= 4 is 27.5 Å². The van der Waals surface area contributed by atoms with Crippen LogP contribution in [0.2, 0.25) is 0 Å². The highest BCUT2D eigenvalue weighted by Crippen LogP contribution is 2.36. The Balaban J connectivity index is 1.88. The molecule has 0 spiro atoms. The van der Waals surface area contributed by atoms with E-state index in [2.05, 4.69) is 5.32 Å². The number of carbonyl (C=O) groups excluding carboxylic acids is 2. The van der Waals surface area contributed by atoms with E-state index < -0.39 is 28.5 Å². The van der Waals surface area contributed by atoms with Gasteiger partial charge in [-0.25, -0.2) is 8.42 Å². The van der Waals surface area contributed by atoms with E-state index in [4.69, 9.17) is 14.2 Å². The zero-order valence-corrected chi connectivity index (χ0v) is 29.7. The van der Waals surface area contributed by atoms with Crippen LogP contribution in [-0.4, -0.2) is 65.1 Å². The predicted octanol–water partition coefficient (Wildman–Crippen LogP) is 5.77. The normalized spacial score (nSPS) is 12.4. The third-order valence-corrected chi connectivity index (χ3v) is 10.1. The smallest absolute Gasteiger partial charge is 0.264 e. The maximum atomic E-state index is 14.8. The molecule has 4 aromatic carbocycles. The van der Waals surface area contributed by atoms with Gasteiger partial charge in [-0.2, -0.15) is 0 Å². The van der Waals surface area contributed by atoms with Crippen LogP contribution < -0.4 is 23.8 Å². The zero-order valence-electron chi connectivity index (χ0n) is 28.9. The van der Waals surface area contributed by atoms with Crippen LogP contribution in [0.15, 0.2) is 102 Å². The van der Waals surface area contributed by atoms with Gasteiger partial charge in [0.15, 0.2) is 0 Å². The lowest BCUT2D eigenvalue weighted by Gasteiger charge is -2.34. The molecule has 0 saturated carbocycles. The van der Waals surface area contributed by atoms with Crippen LogP contribution in [0, 0.1) is 6.92 Å². The third-order valence-electron chi connectivity index (χ3n) is 8.30. The molecule has 0 unspecified atom stereocenters. The molecule has 0 heterocycles. The lowest BCUT2D eigenvalue weighted by Crippen LogP contribution is -2.54. The molecule has 0 fully saturated rings. The van der Waals surface area contributed by atoms with Gasteiger partial charge in [0.05, 0.1) is 31.9 Å². The Morgan fingerprint density at radius 1 is 0.796 bits per heavy atom. The maximum absolute atomic E-state index is 14.8. The van der Waals surface area contributed by atoms with Gasteiger partial charge in [-0.05, 0) is 67.8 Å². The SMILES string of the molecule is CC[C@@H](C)NC(=O)[C@H](Cc1ccccc1)N(Cc1cccc(OC)c1)C(=O)CN(c1cc(OC)ccc1OC)S(=O)(=O)c1ccc(C)cc1. The highest BCUT2D eigenvalue weighted by Gasteiger charge is 2.36. The Morgan fingerprint density at radius 2 is 1.45 bits per heavy atom. The van der Waals surface area contributed by atoms with Crippen LogP contribution in [-0.2, 0) is 32.6 Å². The first-order valence-corrected chi connectivity index (χ1v) is 17.5. The molecule has 0 aromatic heterocycles. The van der Waals surface area contributed by atoms with Crippen molar-refractivity contribution in [1.82, 2.24) is 10.2 Å². The highest BCUT2D eigenvalue weighted by atomic mass is 32.2. The summed E-state index contributed by atoms with van der Waals surface area (Å²) in [7, 11) is 0.105. The van der Waals surface area contributed by atoms with Crippen LogP contribution in [0.25, 0.3) is 0 Å². The van der Waals surface area contributed by atoms with E-state index in [1.807, 2.05) is 57.2 Å². The standard InChI is InChI=1S/C38H45N3O7S/c1-7-28(3)39-38(43)35(23-29-12-9-8-10-13-29)40(25-30-14-11-15-31(22-30)46-4)37(42)26-41(34-24-32(47-5)18-21-36(34)48-6)49(44,45)33-19-16-27(2)17-20-33/h8-22,24,28,35H,7,23,25-26H2,1-6H3,(H,39,43)/t28-,35+/m1/s1. The predicted molar refractivity (Wildman–Crippen MR) is 191 cm³/mol. The fraction of sp³-hybridized carbons (Fsp3) is 0.316. The first-order chi connectivity index (χ1) is 23.5. The largest absolute Gasteiger partial charge is 0.497 e. The van der Waals surface area contributed by atoms with Crippen molar-refractivity contribution in [2.45, 2.75) is 57.1 Å². The van der Waals surface area contributed by atoms with E-state index >= 15 is 0 Å². The number of aryl methyl sites for hydroxylation is 1. The molecule has 0 aliphatic rings. The van der Waals surface area contributed by atoms with Gasteiger partial charge in [0, 0.05) is 25.1 Å². The van der Waals surface area contributed by atoms with Crippen molar-refractivity contribution in [2.24, 2.45) is 0 Å². The van der Waals surface area contributed by atoms with Crippen LogP contribution in [0.5, 0.6) is 17.2 Å². The topological polar surface area (TPSA) is 114 Å². The Bertz CT molecular complexity index is 1820. The molecular formula is C38H45N3O7S. The molecule has 2 atom stereocenters. The summed E-state index contributed by atoms with van der Waals surface area (Å²) in [4.78, 5) is 30.3. The summed E-state index contributed by atoms with van der Waals surface area (Å²) in [5, 5.41) is 3.05. The van der Waals surface area contributed by atoms with Gasteiger partial charge in [0.25, 0.3) is 10.0 Å². The molecule has 4 aromatic rings. The summed E-state index contributed by atoms with van der Waals surface area (Å²) in [5.41, 5.74) is 2.53. The lowest BCUT2D eigenvalue weighted by molar-refractivity contribution is -0.140. The van der Waals surface area contributed by atoms with Gasteiger partial charge in [-0.3, -0.25) is 13.9 Å². The first-order valence-electron chi connectivity index (χ1n) is 16.1. The molecule has 1 N–H and O–H groups in total. The molecule has 0 saturated heterocycles. The molecule has 0 bridgehead atoms. The number of hydrogen-bond donors (Lipinski definition) is 1. The monoisotopic (exact) mass is 687 g/mol. The Kier molecular flexibility index (Phi) is 12.7. The number of nitrogens with zero attached hydrogens (tertiary/aromatic N) is 2. The van der Waals surface area contributed by atoms with Crippen molar-refractivity contribution in [2.75, 3.05) is 32.2 Å². The van der Waals surface area contributed by atoms with Crippen molar-refractivity contribution in [1.29, 1.82) is 0 Å². The molecule has 0 aliphatic carbocycles. The number of methoxy groups -OCH3 is 3. The van der Waals surface area contributed by atoms with Gasteiger partial charge in [0.2, 0.25) is 11.8 Å². The Hall–Kier alpha value is -5.03. The van der Waals surface area contributed by atoms with E-state index in [9.17, 15) is 18.0 Å². The van der Waals surface area contributed by atoms with Crippen molar-refractivity contribution in [3.63, 3.8) is 0 Å². The van der Waals surface area contributed by atoms with Gasteiger partial charge in [0.1, 0.15) is 29.8 Å². The second-order valence-corrected chi connectivity index (χ2v) is 13.6. The minimum Gasteiger partial charge on any atom is -0.497 e. The van der Waals surface area contributed by atoms with Crippen LogP contribution in [0.1, 0.15) is 37.0 Å². The maximum Gasteiger partial charge on any atom is 0.264 e. The number of benzene rings is 4. The van der Waals surface area contributed by atoms with Gasteiger partial charge in [-0.1, -0.05) is 67.1 Å². The number of rotatable bonds is 16. The summed E-state index contributed by atoms with van der Waals surface area (Å²) in [5.74, 6) is 0.234. The van der Waals surface area contributed by atoms with Gasteiger partial charge >= 0.3 is 0 Å². The highest BCUT2D eigenvalue weighted by molar-refractivity contribution is 7.92. The fourth-order valence-corrected chi connectivity index (χ4v) is 6.72. The summed E-state index contributed by atoms with van der Waals surface area (Å²) in [6.07, 6.45) is 0.887. The summed E-state index contributed by atoms with van der Waals surface area (Å²) >= 11 is 0. The zero-order chi connectivity index (χ0) is 35.6. The molecular weight excluding hydrogens is 642 g/mol. The number of carbonyl (C=O) groups is 2. The van der Waals surface area contributed by atoms with Gasteiger partial charge < -0.3 is 24.4 Å². The third kappa shape index (κ3) is 9.32. The summed E-state index contributed by atoms with van der Waals surface area (Å²) in [6, 6.07) is 26.6. The second-order valence-electron chi connectivity index (χ2n) is 11.8. The van der Waals surface area contributed by atoms with Gasteiger partial charge in [-0.15, -0.1) is 0 Å². The lowest BCUT2D eigenvalue weighted by atomic mass is 10.0. The molecule has 2 amide bonds. The van der Waals surface area contributed by atoms with E-state index in [-0.39, 0.29) is 41.2 Å². The molecule has 0 aliphatic heterocycles. The molecule has 10 nitrogen and oxygen atoms in total. The number of amides is 2. The number of hydrogen-bond acceptors (Lipinski definition) is 7. The number of sulfonamides is 1. The van der Waals surface area contributed by atoms with Crippen molar-refractivity contribution in [3.8, 4) is 17.2 Å². The Morgan fingerprint density at radius 3 is 2.08 bits per heavy atom. The number of nitrogens with one attached hydrogen (secondary N) is 1. The van der Waals surface area contributed by atoms with E-state index in [0.717, 1.165) is 15.4 Å². The molecule has 260 valence electrons. The van der Waals surface area contributed by atoms with E-state index in [1.54, 1.807) is 49.6 Å².